The third-order valence-corrected chi connectivity index (χ3v) is 5.95. The van der Waals surface area contributed by atoms with Crippen LogP contribution in [0.25, 0.3) is 11.3 Å². The van der Waals surface area contributed by atoms with Gasteiger partial charge in [-0.15, -0.1) is 11.3 Å². The van der Waals surface area contributed by atoms with Gasteiger partial charge in [0.25, 0.3) is 11.6 Å². The molecule has 2 aromatic heterocycles. The van der Waals surface area contributed by atoms with E-state index in [0.717, 1.165) is 10.4 Å². The number of nitro benzene ring substituents is 1. The summed E-state index contributed by atoms with van der Waals surface area (Å²) in [7, 11) is 0. The Hall–Kier alpha value is -3.20. The number of hydrogen-bond donors (Lipinski definition) is 1. The molecule has 2 aromatic carbocycles. The molecule has 2 heterocycles. The van der Waals surface area contributed by atoms with E-state index in [9.17, 15) is 14.9 Å². The average Bonchev–Trinajstić information content (AvgIpc) is 3.39. The molecule has 31 heavy (non-hydrogen) atoms. The van der Waals surface area contributed by atoms with Gasteiger partial charge in [-0.05, 0) is 29.8 Å². The van der Waals surface area contributed by atoms with Crippen molar-refractivity contribution in [2.75, 3.05) is 5.32 Å². The minimum Gasteiger partial charge on any atom is -0.451 e. The Bertz CT molecular complexity index is 1290. The minimum absolute atomic E-state index is 0.0623. The summed E-state index contributed by atoms with van der Waals surface area (Å²) in [6.07, 6.45) is 2.30. The van der Waals surface area contributed by atoms with Crippen LogP contribution in [0.2, 0.25) is 10.0 Å². The zero-order chi connectivity index (χ0) is 22.0. The van der Waals surface area contributed by atoms with Crippen LogP contribution >= 0.6 is 34.5 Å². The molecule has 4 rings (SSSR count). The summed E-state index contributed by atoms with van der Waals surface area (Å²) in [5.41, 5.74) is 1.29. The molecule has 0 bridgehead atoms. The molecule has 10 heteroatoms. The highest BCUT2D eigenvalue weighted by Crippen LogP contribution is 2.32. The number of aromatic nitrogens is 1. The van der Waals surface area contributed by atoms with Gasteiger partial charge in [-0.3, -0.25) is 20.2 Å². The first-order chi connectivity index (χ1) is 14.9. The van der Waals surface area contributed by atoms with Crippen LogP contribution in [0.4, 0.5) is 10.8 Å². The Morgan fingerprint density at radius 3 is 2.68 bits per heavy atom. The van der Waals surface area contributed by atoms with E-state index >= 15 is 0 Å². The first-order valence-electron chi connectivity index (χ1n) is 8.94. The molecule has 1 amide bonds. The fourth-order valence-corrected chi connectivity index (χ4v) is 4.16. The van der Waals surface area contributed by atoms with Gasteiger partial charge in [-0.25, -0.2) is 4.98 Å². The number of thiazole rings is 1. The highest BCUT2D eigenvalue weighted by Gasteiger charge is 2.17. The van der Waals surface area contributed by atoms with E-state index < -0.39 is 10.8 Å². The third-order valence-electron chi connectivity index (χ3n) is 4.36. The standard InChI is InChI=1S/C21H13Cl2N3O4S/c22-16-4-2-1-3-12(16)9-14-11-24-21(31-14)25-20(27)19-8-7-18(30-19)15-6-5-13(26(28)29)10-17(15)23/h1-8,10-11H,9H2,(H,24,25,27). The van der Waals surface area contributed by atoms with Crippen molar-refractivity contribution >= 4 is 51.3 Å². The zero-order valence-corrected chi connectivity index (χ0v) is 18.0. The number of rotatable bonds is 6. The molecule has 0 unspecified atom stereocenters. The summed E-state index contributed by atoms with van der Waals surface area (Å²) < 4.78 is 5.60. The predicted octanol–water partition coefficient (Wildman–Crippen LogP) is 6.46. The second kappa shape index (κ2) is 8.89. The van der Waals surface area contributed by atoms with Crippen LogP contribution in [0, 0.1) is 10.1 Å². The molecule has 0 saturated carbocycles. The Balaban J connectivity index is 1.46. The van der Waals surface area contributed by atoms with Gasteiger partial charge in [0, 0.05) is 40.2 Å². The summed E-state index contributed by atoms with van der Waals surface area (Å²) in [5.74, 6) is -0.0844. The molecular weight excluding hydrogens is 461 g/mol. The zero-order valence-electron chi connectivity index (χ0n) is 15.7. The van der Waals surface area contributed by atoms with Crippen molar-refractivity contribution in [3.8, 4) is 11.3 Å². The number of furan rings is 1. The van der Waals surface area contributed by atoms with Gasteiger partial charge in [0.1, 0.15) is 5.76 Å². The van der Waals surface area contributed by atoms with Gasteiger partial charge in [0.15, 0.2) is 10.9 Å². The van der Waals surface area contributed by atoms with E-state index in [1.807, 2.05) is 24.3 Å². The van der Waals surface area contributed by atoms with Crippen molar-refractivity contribution in [3.63, 3.8) is 0 Å². The molecule has 0 aliphatic heterocycles. The van der Waals surface area contributed by atoms with E-state index in [-0.39, 0.29) is 16.5 Å². The van der Waals surface area contributed by atoms with Gasteiger partial charge >= 0.3 is 0 Å². The van der Waals surface area contributed by atoms with Crippen molar-refractivity contribution in [1.29, 1.82) is 0 Å². The molecular formula is C21H13Cl2N3O4S. The van der Waals surface area contributed by atoms with Crippen LogP contribution in [0.1, 0.15) is 21.0 Å². The maximum atomic E-state index is 12.5. The lowest BCUT2D eigenvalue weighted by molar-refractivity contribution is -0.384. The lowest BCUT2D eigenvalue weighted by Crippen LogP contribution is -2.10. The highest BCUT2D eigenvalue weighted by molar-refractivity contribution is 7.15. The summed E-state index contributed by atoms with van der Waals surface area (Å²) in [5, 5.41) is 14.8. The number of carbonyl (C=O) groups is 1. The largest absolute Gasteiger partial charge is 0.451 e. The fraction of sp³-hybridized carbons (Fsp3) is 0.0476. The van der Waals surface area contributed by atoms with E-state index in [4.69, 9.17) is 27.6 Å². The average molecular weight is 474 g/mol. The van der Waals surface area contributed by atoms with Gasteiger partial charge < -0.3 is 4.42 Å². The number of hydrogen-bond acceptors (Lipinski definition) is 6. The molecule has 0 spiro atoms. The lowest BCUT2D eigenvalue weighted by Gasteiger charge is -2.02. The van der Waals surface area contributed by atoms with Crippen molar-refractivity contribution < 1.29 is 14.1 Å². The number of amides is 1. The smallest absolute Gasteiger partial charge is 0.293 e. The van der Waals surface area contributed by atoms with E-state index in [1.54, 1.807) is 12.3 Å². The summed E-state index contributed by atoms with van der Waals surface area (Å²) in [4.78, 5) is 28.0. The molecule has 1 N–H and O–H groups in total. The molecule has 4 aromatic rings. The number of halogens is 2. The number of nitrogens with zero attached hydrogens (tertiary/aromatic N) is 2. The van der Waals surface area contributed by atoms with E-state index in [2.05, 4.69) is 10.3 Å². The highest BCUT2D eigenvalue weighted by atomic mass is 35.5. The summed E-state index contributed by atoms with van der Waals surface area (Å²) in [6, 6.07) is 14.6. The molecule has 0 saturated heterocycles. The third kappa shape index (κ3) is 4.77. The molecule has 7 nitrogen and oxygen atoms in total. The molecule has 0 aliphatic rings. The van der Waals surface area contributed by atoms with Crippen molar-refractivity contribution in [2.24, 2.45) is 0 Å². The van der Waals surface area contributed by atoms with E-state index in [0.29, 0.717) is 27.9 Å². The Morgan fingerprint density at radius 1 is 1.13 bits per heavy atom. The first kappa shape index (κ1) is 21.0. The van der Waals surface area contributed by atoms with Gasteiger partial charge in [0.05, 0.1) is 9.95 Å². The molecule has 156 valence electrons. The fourth-order valence-electron chi connectivity index (χ4n) is 2.86. The van der Waals surface area contributed by atoms with E-state index in [1.165, 1.54) is 35.6 Å². The number of anilines is 1. The second-order valence-electron chi connectivity index (χ2n) is 6.44. The van der Waals surface area contributed by atoms with Crippen LogP contribution in [-0.2, 0) is 6.42 Å². The quantitative estimate of drug-likeness (QED) is 0.255. The van der Waals surface area contributed by atoms with Gasteiger partial charge in [0.2, 0.25) is 0 Å². The van der Waals surface area contributed by atoms with Crippen LogP contribution in [0.3, 0.4) is 0 Å². The van der Waals surface area contributed by atoms with Crippen molar-refractivity contribution in [1.82, 2.24) is 4.98 Å². The molecule has 0 atom stereocenters. The minimum atomic E-state index is -0.537. The monoisotopic (exact) mass is 473 g/mol. The maximum Gasteiger partial charge on any atom is 0.293 e. The van der Waals surface area contributed by atoms with Crippen LogP contribution < -0.4 is 5.32 Å². The number of benzene rings is 2. The SMILES string of the molecule is O=C(Nc1ncc(Cc2ccccc2Cl)s1)c1ccc(-c2ccc([N+](=O)[O-])cc2Cl)o1. The normalized spacial score (nSPS) is 10.8. The topological polar surface area (TPSA) is 98.3 Å². The Kier molecular flexibility index (Phi) is 6.03. The van der Waals surface area contributed by atoms with Crippen LogP contribution in [0.5, 0.6) is 0 Å². The number of carbonyl (C=O) groups excluding carboxylic acids is 1. The predicted molar refractivity (Wildman–Crippen MR) is 120 cm³/mol. The summed E-state index contributed by atoms with van der Waals surface area (Å²) >= 11 is 13.7. The van der Waals surface area contributed by atoms with Crippen molar-refractivity contribution in [3.05, 3.63) is 97.2 Å². The second-order valence-corrected chi connectivity index (χ2v) is 8.37. The van der Waals surface area contributed by atoms with Gasteiger partial charge in [-0.2, -0.15) is 0 Å². The number of non-ortho nitro benzene ring substituents is 1. The lowest BCUT2D eigenvalue weighted by atomic mass is 10.1. The van der Waals surface area contributed by atoms with Crippen molar-refractivity contribution in [2.45, 2.75) is 6.42 Å². The van der Waals surface area contributed by atoms with Crippen LogP contribution in [0.15, 0.2) is 65.2 Å². The van der Waals surface area contributed by atoms with Crippen LogP contribution in [-0.4, -0.2) is 15.8 Å². The number of nitro groups is 1. The Morgan fingerprint density at radius 2 is 1.94 bits per heavy atom. The molecule has 0 radical (unpaired) electrons. The number of nitrogens with one attached hydrogen (secondary N) is 1. The Labute approximate surface area is 190 Å². The molecule has 0 fully saturated rings. The first-order valence-corrected chi connectivity index (χ1v) is 10.5. The maximum absolute atomic E-state index is 12.5. The summed E-state index contributed by atoms with van der Waals surface area (Å²) in [6.45, 7) is 0. The molecule has 0 aliphatic carbocycles. The van der Waals surface area contributed by atoms with Gasteiger partial charge in [-0.1, -0.05) is 41.4 Å².